The van der Waals surface area contributed by atoms with E-state index in [4.69, 9.17) is 4.74 Å². The molecule has 12 heavy (non-hydrogen) atoms. The average molecular weight is 275 g/mol. The number of hydrogen-bond acceptors (Lipinski definition) is 3. The summed E-state index contributed by atoms with van der Waals surface area (Å²) >= 11 is 2.20. The highest BCUT2D eigenvalue weighted by Gasteiger charge is 2.01. The predicted molar refractivity (Wildman–Crippen MR) is 52.3 cm³/mol. The Balaban J connectivity index is 2.71. The molecule has 0 aliphatic rings. The first kappa shape index (κ1) is 7.78. The van der Waals surface area contributed by atoms with Gasteiger partial charge in [-0.15, -0.1) is 0 Å². The molecule has 0 atom stereocenters. The van der Waals surface area contributed by atoms with E-state index in [1.54, 1.807) is 19.5 Å². The molecule has 62 valence electrons. The fourth-order valence-corrected chi connectivity index (χ4v) is 1.47. The second-order valence-electron chi connectivity index (χ2n) is 2.24. The van der Waals surface area contributed by atoms with Crippen molar-refractivity contribution < 1.29 is 4.74 Å². The monoisotopic (exact) mass is 275 g/mol. The normalized spacial score (nSPS) is 10.5. The van der Waals surface area contributed by atoms with E-state index in [1.807, 2.05) is 10.6 Å². The Labute approximate surface area is 82.7 Å². The van der Waals surface area contributed by atoms with Crippen LogP contribution in [0.3, 0.4) is 0 Å². The van der Waals surface area contributed by atoms with Gasteiger partial charge in [0.05, 0.1) is 25.7 Å². The van der Waals surface area contributed by atoms with Crippen molar-refractivity contribution in [3.8, 4) is 5.88 Å². The predicted octanol–water partition coefficient (Wildman–Crippen LogP) is 1.34. The molecule has 0 aliphatic carbocycles. The molecular weight excluding hydrogens is 269 g/mol. The molecule has 0 aromatic carbocycles. The molecule has 0 radical (unpaired) electrons. The summed E-state index contributed by atoms with van der Waals surface area (Å²) in [4.78, 5) is 8.16. The van der Waals surface area contributed by atoms with Gasteiger partial charge in [0.1, 0.15) is 3.70 Å². The highest BCUT2D eigenvalue weighted by atomic mass is 127. The van der Waals surface area contributed by atoms with E-state index in [9.17, 15) is 0 Å². The Morgan fingerprint density at radius 3 is 3.00 bits per heavy atom. The van der Waals surface area contributed by atoms with Crippen molar-refractivity contribution in [3.63, 3.8) is 0 Å². The molecule has 2 rings (SSSR count). The van der Waals surface area contributed by atoms with E-state index < -0.39 is 0 Å². The maximum atomic E-state index is 4.98. The molecule has 0 spiro atoms. The lowest BCUT2D eigenvalue weighted by atomic mass is 10.7. The number of halogens is 1. The lowest BCUT2D eigenvalue weighted by Gasteiger charge is -1.98. The van der Waals surface area contributed by atoms with Crippen molar-refractivity contribution in [1.29, 1.82) is 0 Å². The van der Waals surface area contributed by atoms with Gasteiger partial charge in [-0.05, 0) is 22.6 Å². The van der Waals surface area contributed by atoms with Crippen LogP contribution in [-0.2, 0) is 0 Å². The van der Waals surface area contributed by atoms with Crippen LogP contribution in [0.2, 0.25) is 0 Å². The zero-order valence-corrected chi connectivity index (χ0v) is 8.52. The van der Waals surface area contributed by atoms with E-state index in [0.29, 0.717) is 5.88 Å². The summed E-state index contributed by atoms with van der Waals surface area (Å²) < 4.78 is 7.95. The van der Waals surface area contributed by atoms with E-state index in [-0.39, 0.29) is 0 Å². The highest BCUT2D eigenvalue weighted by molar-refractivity contribution is 14.1. The van der Waals surface area contributed by atoms with Gasteiger partial charge in [0.25, 0.3) is 0 Å². The number of methoxy groups -OCH3 is 1. The Hall–Kier alpha value is -0.850. The van der Waals surface area contributed by atoms with Crippen molar-refractivity contribution in [2.24, 2.45) is 0 Å². The standard InChI is InChI=1S/C7H6IN3O/c1-12-7-4-11-5(8)2-9-6(11)3-10-7/h2-4H,1H3. The number of hydrogen-bond donors (Lipinski definition) is 0. The summed E-state index contributed by atoms with van der Waals surface area (Å²) in [5, 5.41) is 0. The molecule has 0 saturated carbocycles. The average Bonchev–Trinajstić information content (AvgIpc) is 2.47. The molecule has 0 N–H and O–H groups in total. The van der Waals surface area contributed by atoms with Gasteiger partial charge in [-0.1, -0.05) is 0 Å². The fraction of sp³-hybridized carbons (Fsp3) is 0.143. The molecule has 0 unspecified atom stereocenters. The Morgan fingerprint density at radius 1 is 1.42 bits per heavy atom. The molecule has 5 heteroatoms. The van der Waals surface area contributed by atoms with Gasteiger partial charge in [0, 0.05) is 0 Å². The van der Waals surface area contributed by atoms with E-state index >= 15 is 0 Å². The first-order valence-corrected chi connectivity index (χ1v) is 4.42. The minimum absolute atomic E-state index is 0.596. The van der Waals surface area contributed by atoms with Gasteiger partial charge in [0.2, 0.25) is 5.88 Å². The van der Waals surface area contributed by atoms with Crippen molar-refractivity contribution in [1.82, 2.24) is 14.4 Å². The van der Waals surface area contributed by atoms with E-state index in [2.05, 4.69) is 32.6 Å². The summed E-state index contributed by atoms with van der Waals surface area (Å²) in [6, 6.07) is 0. The lowest BCUT2D eigenvalue weighted by Crippen LogP contribution is -1.93. The maximum absolute atomic E-state index is 4.98. The molecule has 0 aliphatic heterocycles. The van der Waals surface area contributed by atoms with E-state index in [1.165, 1.54) is 0 Å². The van der Waals surface area contributed by atoms with Gasteiger partial charge >= 0.3 is 0 Å². The first-order valence-electron chi connectivity index (χ1n) is 3.34. The molecule has 0 bridgehead atoms. The second kappa shape index (κ2) is 2.89. The third kappa shape index (κ3) is 1.13. The van der Waals surface area contributed by atoms with Crippen LogP contribution in [0.25, 0.3) is 5.65 Å². The van der Waals surface area contributed by atoms with Crippen LogP contribution in [0.1, 0.15) is 0 Å². The van der Waals surface area contributed by atoms with Crippen molar-refractivity contribution in [3.05, 3.63) is 22.3 Å². The van der Waals surface area contributed by atoms with Gasteiger partial charge in [0.15, 0.2) is 5.65 Å². The SMILES string of the molecule is COc1cn2c(I)cnc2cn1. The summed E-state index contributed by atoms with van der Waals surface area (Å²) in [6.07, 6.45) is 5.28. The summed E-state index contributed by atoms with van der Waals surface area (Å²) in [7, 11) is 1.60. The topological polar surface area (TPSA) is 39.4 Å². The number of ether oxygens (including phenoxy) is 1. The quantitative estimate of drug-likeness (QED) is 0.737. The smallest absolute Gasteiger partial charge is 0.230 e. The minimum Gasteiger partial charge on any atom is -0.480 e. The number of nitrogens with zero attached hydrogens (tertiary/aromatic N) is 3. The van der Waals surface area contributed by atoms with Crippen LogP contribution in [-0.4, -0.2) is 21.5 Å². The molecule has 0 saturated heterocycles. The number of rotatable bonds is 1. The zero-order valence-electron chi connectivity index (χ0n) is 6.36. The molecule has 2 aromatic rings. The van der Waals surface area contributed by atoms with Crippen LogP contribution >= 0.6 is 22.6 Å². The third-order valence-electron chi connectivity index (χ3n) is 1.54. The van der Waals surface area contributed by atoms with Crippen molar-refractivity contribution >= 4 is 28.2 Å². The van der Waals surface area contributed by atoms with Gasteiger partial charge in [-0.3, -0.25) is 4.40 Å². The van der Waals surface area contributed by atoms with Gasteiger partial charge < -0.3 is 4.74 Å². The highest BCUT2D eigenvalue weighted by Crippen LogP contribution is 2.11. The van der Waals surface area contributed by atoms with Crippen LogP contribution in [0.4, 0.5) is 0 Å². The Kier molecular flexibility index (Phi) is 1.87. The molecule has 2 heterocycles. The molecule has 2 aromatic heterocycles. The number of imidazole rings is 1. The Bertz CT molecular complexity index is 412. The summed E-state index contributed by atoms with van der Waals surface area (Å²) in [6.45, 7) is 0. The first-order chi connectivity index (χ1) is 5.81. The van der Waals surface area contributed by atoms with Crippen molar-refractivity contribution in [2.75, 3.05) is 7.11 Å². The molecule has 4 nitrogen and oxygen atoms in total. The molecular formula is C7H6IN3O. The number of aromatic nitrogens is 3. The zero-order chi connectivity index (χ0) is 8.55. The summed E-state index contributed by atoms with van der Waals surface area (Å²) in [5.74, 6) is 0.596. The Morgan fingerprint density at radius 2 is 2.25 bits per heavy atom. The van der Waals surface area contributed by atoms with Crippen LogP contribution < -0.4 is 4.74 Å². The van der Waals surface area contributed by atoms with Crippen LogP contribution in [0, 0.1) is 3.70 Å². The van der Waals surface area contributed by atoms with Gasteiger partial charge in [-0.2, -0.15) is 0 Å². The summed E-state index contributed by atoms with van der Waals surface area (Å²) in [5.41, 5.74) is 0.834. The van der Waals surface area contributed by atoms with Crippen LogP contribution in [0.15, 0.2) is 18.6 Å². The van der Waals surface area contributed by atoms with Crippen LogP contribution in [0.5, 0.6) is 5.88 Å². The number of fused-ring (bicyclic) bond motifs is 1. The second-order valence-corrected chi connectivity index (χ2v) is 3.34. The maximum Gasteiger partial charge on any atom is 0.230 e. The molecule has 0 amide bonds. The lowest BCUT2D eigenvalue weighted by molar-refractivity contribution is 0.395. The van der Waals surface area contributed by atoms with Crippen molar-refractivity contribution in [2.45, 2.75) is 0 Å². The molecule has 0 fully saturated rings. The van der Waals surface area contributed by atoms with Gasteiger partial charge in [-0.25, -0.2) is 9.97 Å². The fourth-order valence-electron chi connectivity index (χ4n) is 0.947. The largest absolute Gasteiger partial charge is 0.480 e. The third-order valence-corrected chi connectivity index (χ3v) is 2.33. The van der Waals surface area contributed by atoms with E-state index in [0.717, 1.165) is 9.35 Å². The minimum atomic E-state index is 0.596.